The van der Waals surface area contributed by atoms with Crippen molar-refractivity contribution in [2.45, 2.75) is 36.5 Å². The van der Waals surface area contributed by atoms with Crippen LogP contribution in [0.1, 0.15) is 0 Å². The van der Waals surface area contributed by atoms with E-state index >= 15 is 0 Å². The van der Waals surface area contributed by atoms with E-state index in [2.05, 4.69) is 4.74 Å². The second-order valence-electron chi connectivity index (χ2n) is 4.34. The van der Waals surface area contributed by atoms with E-state index in [1.165, 1.54) is 0 Å². The van der Waals surface area contributed by atoms with Crippen molar-refractivity contribution in [1.82, 2.24) is 0 Å². The average molecular weight is 442 g/mol. The number of ether oxygens (including phenoxy) is 1. The van der Waals surface area contributed by atoms with Crippen LogP contribution in [-0.2, 0) is 4.74 Å². The van der Waals surface area contributed by atoms with E-state index < -0.39 is 60.2 Å². The maximum Gasteiger partial charge on any atom is 0.426 e. The lowest BCUT2D eigenvalue weighted by Gasteiger charge is -2.28. The minimum atomic E-state index is -6.66. The van der Waals surface area contributed by atoms with Gasteiger partial charge in [-0.15, -0.1) is 0 Å². The first kappa shape index (κ1) is 25.2. The molecule has 0 fully saturated rings. The second-order valence-corrected chi connectivity index (χ2v) is 4.34. The third-order valence-electron chi connectivity index (χ3n) is 2.36. The Bertz CT molecular complexity index is 535. The summed E-state index contributed by atoms with van der Waals surface area (Å²) < 4.78 is 201. The molecule has 0 aromatic heterocycles. The zero-order valence-electron chi connectivity index (χ0n) is 11.6. The third-order valence-corrected chi connectivity index (χ3v) is 2.36. The molecule has 0 aliphatic rings. The highest BCUT2D eigenvalue weighted by Gasteiger charge is 2.65. The summed E-state index contributed by atoms with van der Waals surface area (Å²) in [6.45, 7) is 0. The zero-order chi connectivity index (χ0) is 22.2. The molecule has 1 nitrogen and oxygen atoms in total. The Morgan fingerprint density at radius 1 is 0.519 bits per heavy atom. The van der Waals surface area contributed by atoms with Crippen molar-refractivity contribution in [2.24, 2.45) is 0 Å². The predicted molar refractivity (Wildman–Crippen MR) is 51.4 cm³/mol. The van der Waals surface area contributed by atoms with E-state index in [1.54, 1.807) is 0 Å². The maximum atomic E-state index is 13.1. The van der Waals surface area contributed by atoms with Crippen molar-refractivity contribution in [3.05, 3.63) is 23.7 Å². The van der Waals surface area contributed by atoms with Gasteiger partial charge in [-0.05, 0) is 0 Å². The first-order chi connectivity index (χ1) is 11.7. The molecule has 0 aliphatic carbocycles. The van der Waals surface area contributed by atoms with E-state index in [9.17, 15) is 70.2 Å². The molecule has 0 spiro atoms. The SMILES string of the molecule is FC(F)=C(OC(=C(F)F)C(F)(F)C(F)C(F)(F)F)C(F)(F)C(F)C(F)(F)F. The molecule has 0 heterocycles. The maximum absolute atomic E-state index is 13.1. The highest BCUT2D eigenvalue weighted by atomic mass is 19.4. The third kappa shape index (κ3) is 5.57. The molecule has 2 atom stereocenters. The van der Waals surface area contributed by atoms with Gasteiger partial charge in [0.1, 0.15) is 0 Å². The molecule has 0 aromatic rings. The molecule has 17 heteroatoms. The molecule has 160 valence electrons. The normalized spacial score (nSPS) is 15.9. The molecule has 0 radical (unpaired) electrons. The van der Waals surface area contributed by atoms with Gasteiger partial charge < -0.3 is 4.74 Å². The van der Waals surface area contributed by atoms with E-state index in [-0.39, 0.29) is 0 Å². The summed E-state index contributed by atoms with van der Waals surface area (Å²) in [5.41, 5.74) is 0. The van der Waals surface area contributed by atoms with Gasteiger partial charge in [0.05, 0.1) is 0 Å². The van der Waals surface area contributed by atoms with Crippen LogP contribution in [0.3, 0.4) is 0 Å². The largest absolute Gasteiger partial charge is 0.442 e. The molecular weight excluding hydrogens is 440 g/mol. The van der Waals surface area contributed by atoms with Crippen molar-refractivity contribution in [3.63, 3.8) is 0 Å². The van der Waals surface area contributed by atoms with Crippen LogP contribution in [-0.4, -0.2) is 36.5 Å². The first-order valence-electron chi connectivity index (χ1n) is 5.65. The molecular formula is C10H2F16O. The number of allylic oxidation sites excluding steroid dienone is 2. The number of alkyl halides is 12. The molecule has 27 heavy (non-hydrogen) atoms. The predicted octanol–water partition coefficient (Wildman–Crippen LogP) is 6.29. The molecule has 2 unspecified atom stereocenters. The number of rotatable bonds is 6. The summed E-state index contributed by atoms with van der Waals surface area (Å²) in [5.74, 6) is -21.6. The van der Waals surface area contributed by atoms with Crippen LogP contribution in [0.15, 0.2) is 23.7 Å². The van der Waals surface area contributed by atoms with Crippen LogP contribution in [0.2, 0.25) is 0 Å². The molecule has 0 saturated heterocycles. The summed E-state index contributed by atoms with van der Waals surface area (Å²) in [4.78, 5) is 0. The fraction of sp³-hybridized carbons (Fsp3) is 0.600. The van der Waals surface area contributed by atoms with E-state index in [0.717, 1.165) is 0 Å². The minimum absolute atomic E-state index is 2.41. The monoisotopic (exact) mass is 442 g/mol. The Balaban J connectivity index is 6.29. The number of hydrogen-bond acceptors (Lipinski definition) is 1. The number of hydrogen-bond donors (Lipinski definition) is 0. The van der Waals surface area contributed by atoms with Crippen LogP contribution in [0.4, 0.5) is 70.2 Å². The lowest BCUT2D eigenvalue weighted by Crippen LogP contribution is -2.46. The van der Waals surface area contributed by atoms with Gasteiger partial charge in [-0.2, -0.15) is 61.5 Å². The molecule has 0 N–H and O–H groups in total. The summed E-state index contributed by atoms with van der Waals surface area (Å²) in [6.07, 6.45) is -33.2. The van der Waals surface area contributed by atoms with Crippen molar-refractivity contribution in [1.29, 1.82) is 0 Å². The Morgan fingerprint density at radius 3 is 0.889 bits per heavy atom. The van der Waals surface area contributed by atoms with E-state index in [1.807, 2.05) is 0 Å². The van der Waals surface area contributed by atoms with Gasteiger partial charge in [0.15, 0.2) is 0 Å². The van der Waals surface area contributed by atoms with Crippen LogP contribution in [0, 0.1) is 0 Å². The van der Waals surface area contributed by atoms with Crippen molar-refractivity contribution >= 4 is 0 Å². The van der Waals surface area contributed by atoms with E-state index in [0.29, 0.717) is 0 Å². The molecule has 0 aromatic carbocycles. The number of halogens is 16. The van der Waals surface area contributed by atoms with Gasteiger partial charge >= 0.3 is 36.4 Å². The minimum Gasteiger partial charge on any atom is -0.442 e. The summed E-state index contributed by atoms with van der Waals surface area (Å²) in [5, 5.41) is 0. The molecule has 0 amide bonds. The van der Waals surface area contributed by atoms with Gasteiger partial charge in [0.25, 0.3) is 12.3 Å². The summed E-state index contributed by atoms with van der Waals surface area (Å²) in [7, 11) is 0. The summed E-state index contributed by atoms with van der Waals surface area (Å²) >= 11 is 0. The smallest absolute Gasteiger partial charge is 0.426 e. The Morgan fingerprint density at radius 2 is 0.741 bits per heavy atom. The molecule has 0 saturated carbocycles. The second kappa shape index (κ2) is 7.65. The van der Waals surface area contributed by atoms with Gasteiger partial charge in [-0.1, -0.05) is 0 Å². The van der Waals surface area contributed by atoms with Crippen molar-refractivity contribution < 1.29 is 75.0 Å². The van der Waals surface area contributed by atoms with Crippen molar-refractivity contribution in [2.75, 3.05) is 0 Å². The standard InChI is InChI=1S/C10H2F16O/c11-3(12)1(7(17,18)5(15)9(21,22)23)27-2(4(13)14)8(19,20)6(16)10(24,25)26/h5-6H. The van der Waals surface area contributed by atoms with Crippen LogP contribution >= 0.6 is 0 Å². The Labute approximate surface area is 136 Å². The highest BCUT2D eigenvalue weighted by Crippen LogP contribution is 2.47. The van der Waals surface area contributed by atoms with Gasteiger partial charge in [-0.3, -0.25) is 0 Å². The fourth-order valence-electron chi connectivity index (χ4n) is 1.21. The first-order valence-corrected chi connectivity index (χ1v) is 5.65. The van der Waals surface area contributed by atoms with Crippen LogP contribution < -0.4 is 0 Å². The lowest BCUT2D eigenvalue weighted by atomic mass is 10.1. The Kier molecular flexibility index (Phi) is 7.13. The molecule has 0 aliphatic heterocycles. The van der Waals surface area contributed by atoms with Crippen LogP contribution in [0.25, 0.3) is 0 Å². The molecule has 0 rings (SSSR count). The topological polar surface area (TPSA) is 9.23 Å². The van der Waals surface area contributed by atoms with Gasteiger partial charge in [0.2, 0.25) is 11.5 Å². The van der Waals surface area contributed by atoms with Crippen molar-refractivity contribution in [3.8, 4) is 0 Å². The quantitative estimate of drug-likeness (QED) is 0.347. The summed E-state index contributed by atoms with van der Waals surface area (Å²) in [6, 6.07) is 0. The lowest BCUT2D eigenvalue weighted by molar-refractivity contribution is -0.251. The Hall–Kier alpha value is -1.84. The average Bonchev–Trinajstić information content (AvgIpc) is 2.42. The molecule has 0 bridgehead atoms. The van der Waals surface area contributed by atoms with Crippen LogP contribution in [0.5, 0.6) is 0 Å². The fourth-order valence-corrected chi connectivity index (χ4v) is 1.21. The van der Waals surface area contributed by atoms with Gasteiger partial charge in [0, 0.05) is 0 Å². The zero-order valence-corrected chi connectivity index (χ0v) is 11.6. The van der Waals surface area contributed by atoms with Gasteiger partial charge in [-0.25, -0.2) is 8.78 Å². The highest BCUT2D eigenvalue weighted by molar-refractivity contribution is 5.19. The van der Waals surface area contributed by atoms with E-state index in [4.69, 9.17) is 0 Å².